The molecule has 1 aliphatic heterocycles. The van der Waals surface area contributed by atoms with E-state index in [1.807, 2.05) is 0 Å². The minimum atomic E-state index is -0.405. The van der Waals surface area contributed by atoms with Gasteiger partial charge in [-0.1, -0.05) is 6.07 Å². The molecule has 1 aliphatic rings. The van der Waals surface area contributed by atoms with E-state index in [4.69, 9.17) is 5.73 Å². The molecule has 0 radical (unpaired) electrons. The van der Waals surface area contributed by atoms with Crippen molar-refractivity contribution in [2.75, 3.05) is 5.73 Å². The summed E-state index contributed by atoms with van der Waals surface area (Å²) in [6.45, 7) is 0.851. The number of hydrogen-bond donors (Lipinski definition) is 1. The van der Waals surface area contributed by atoms with Gasteiger partial charge in [-0.15, -0.1) is 0 Å². The lowest BCUT2D eigenvalue weighted by molar-refractivity contribution is 0.511. The van der Waals surface area contributed by atoms with Gasteiger partial charge in [-0.05, 0) is 25.0 Å². The van der Waals surface area contributed by atoms with Gasteiger partial charge in [0.25, 0.3) is 0 Å². The molecular weight excluding hydrogens is 247 g/mol. The first-order chi connectivity index (χ1) is 9.15. The molecule has 1 aromatic carbocycles. The number of nitrogens with two attached hydrogens (primary N) is 1. The molecule has 3 rings (SSSR count). The molecule has 19 heavy (non-hydrogen) atoms. The first kappa shape index (κ1) is 12.0. The first-order valence-corrected chi connectivity index (χ1v) is 6.35. The first-order valence-electron chi connectivity index (χ1n) is 6.35. The molecule has 0 saturated carbocycles. The number of nitrogen functional groups attached to an aromatic ring is 1. The highest BCUT2D eigenvalue weighted by Crippen LogP contribution is 2.14. The third-order valence-electron chi connectivity index (χ3n) is 3.43. The van der Waals surface area contributed by atoms with E-state index in [0.29, 0.717) is 17.8 Å². The molecule has 0 bridgehead atoms. The SMILES string of the molecule is Nc1ccc(Cn2nc3n(c2=O)CCCC3)c(F)c1. The number of fused-ring (bicyclic) bond motifs is 1. The van der Waals surface area contributed by atoms with Crippen LogP contribution in [0.1, 0.15) is 24.2 Å². The van der Waals surface area contributed by atoms with Crippen molar-refractivity contribution in [2.24, 2.45) is 0 Å². The molecule has 0 atom stereocenters. The van der Waals surface area contributed by atoms with Crippen LogP contribution in [0.25, 0.3) is 0 Å². The Bertz CT molecular complexity index is 674. The zero-order valence-corrected chi connectivity index (χ0v) is 10.5. The number of hydrogen-bond acceptors (Lipinski definition) is 3. The Kier molecular flexibility index (Phi) is 2.85. The Morgan fingerprint density at radius 3 is 2.95 bits per heavy atom. The Morgan fingerprint density at radius 2 is 2.21 bits per heavy atom. The maximum atomic E-state index is 13.7. The lowest BCUT2D eigenvalue weighted by atomic mass is 10.2. The predicted octanol–water partition coefficient (Wildman–Crippen LogP) is 1.15. The van der Waals surface area contributed by atoms with Crippen molar-refractivity contribution in [2.45, 2.75) is 32.4 Å². The summed E-state index contributed by atoms with van der Waals surface area (Å²) in [6, 6.07) is 4.48. The minimum absolute atomic E-state index is 0.144. The van der Waals surface area contributed by atoms with Crippen molar-refractivity contribution in [3.05, 3.63) is 45.9 Å². The van der Waals surface area contributed by atoms with Crippen molar-refractivity contribution >= 4 is 5.69 Å². The largest absolute Gasteiger partial charge is 0.399 e. The van der Waals surface area contributed by atoms with Gasteiger partial charge in [-0.2, -0.15) is 5.10 Å². The fourth-order valence-corrected chi connectivity index (χ4v) is 2.40. The number of nitrogens with zero attached hydrogens (tertiary/aromatic N) is 3. The summed E-state index contributed by atoms with van der Waals surface area (Å²) in [5, 5.41) is 4.28. The lowest BCUT2D eigenvalue weighted by Gasteiger charge is -2.09. The summed E-state index contributed by atoms with van der Waals surface area (Å²) < 4.78 is 16.7. The van der Waals surface area contributed by atoms with Gasteiger partial charge < -0.3 is 5.73 Å². The molecule has 2 aromatic rings. The van der Waals surface area contributed by atoms with Crippen LogP contribution in [0.2, 0.25) is 0 Å². The van der Waals surface area contributed by atoms with Gasteiger partial charge in [-0.25, -0.2) is 13.9 Å². The smallest absolute Gasteiger partial charge is 0.346 e. The van der Waals surface area contributed by atoms with Crippen LogP contribution in [0.3, 0.4) is 0 Å². The molecule has 5 nitrogen and oxygen atoms in total. The van der Waals surface area contributed by atoms with Gasteiger partial charge in [0.15, 0.2) is 0 Å². The van der Waals surface area contributed by atoms with Gasteiger partial charge in [0.05, 0.1) is 6.54 Å². The van der Waals surface area contributed by atoms with Gasteiger partial charge in [0, 0.05) is 24.2 Å². The zero-order valence-electron chi connectivity index (χ0n) is 10.5. The van der Waals surface area contributed by atoms with E-state index in [1.54, 1.807) is 16.7 Å². The molecule has 6 heteroatoms. The maximum absolute atomic E-state index is 13.7. The average Bonchev–Trinajstić information content (AvgIpc) is 2.70. The Labute approximate surface area is 109 Å². The number of halogens is 1. The monoisotopic (exact) mass is 262 g/mol. The van der Waals surface area contributed by atoms with E-state index in [9.17, 15) is 9.18 Å². The van der Waals surface area contributed by atoms with Crippen LogP contribution in [0.4, 0.5) is 10.1 Å². The number of benzene rings is 1. The second-order valence-corrected chi connectivity index (χ2v) is 4.82. The summed E-state index contributed by atoms with van der Waals surface area (Å²) in [6.07, 6.45) is 2.86. The molecular formula is C13H15FN4O. The highest BCUT2D eigenvalue weighted by molar-refractivity contribution is 5.40. The summed E-state index contributed by atoms with van der Waals surface area (Å²) >= 11 is 0. The van der Waals surface area contributed by atoms with Crippen LogP contribution >= 0.6 is 0 Å². The third-order valence-corrected chi connectivity index (χ3v) is 3.43. The molecule has 0 saturated heterocycles. The summed E-state index contributed by atoms with van der Waals surface area (Å²) in [5.41, 5.74) is 6.14. The van der Waals surface area contributed by atoms with Crippen molar-refractivity contribution < 1.29 is 4.39 Å². The summed E-state index contributed by atoms with van der Waals surface area (Å²) in [4.78, 5) is 12.1. The van der Waals surface area contributed by atoms with Crippen LogP contribution in [0.15, 0.2) is 23.0 Å². The topological polar surface area (TPSA) is 65.8 Å². The van der Waals surface area contributed by atoms with E-state index < -0.39 is 5.82 Å². The molecule has 0 unspecified atom stereocenters. The van der Waals surface area contributed by atoms with Crippen molar-refractivity contribution in [1.82, 2.24) is 14.3 Å². The zero-order chi connectivity index (χ0) is 13.4. The fourth-order valence-electron chi connectivity index (χ4n) is 2.40. The Morgan fingerprint density at radius 1 is 1.37 bits per heavy atom. The molecule has 0 fully saturated rings. The third kappa shape index (κ3) is 2.14. The van der Waals surface area contributed by atoms with Crippen molar-refractivity contribution in [3.63, 3.8) is 0 Å². The van der Waals surface area contributed by atoms with Crippen LogP contribution in [0, 0.1) is 5.82 Å². The van der Waals surface area contributed by atoms with Crippen LogP contribution < -0.4 is 11.4 Å². The summed E-state index contributed by atoms with van der Waals surface area (Å²) in [7, 11) is 0. The van der Waals surface area contributed by atoms with Gasteiger partial charge in [-0.3, -0.25) is 4.57 Å². The standard InChI is InChI=1S/C13H15FN4O/c14-11-7-10(15)5-4-9(11)8-18-13(19)17-6-2-1-3-12(17)16-18/h4-5,7H,1-3,6,8,15H2. The van der Waals surface area contributed by atoms with E-state index in [1.165, 1.54) is 10.7 Å². The lowest BCUT2D eigenvalue weighted by Crippen LogP contribution is -2.27. The van der Waals surface area contributed by atoms with Crippen LogP contribution in [0.5, 0.6) is 0 Å². The van der Waals surface area contributed by atoms with E-state index >= 15 is 0 Å². The average molecular weight is 262 g/mol. The number of aromatic nitrogens is 3. The van der Waals surface area contributed by atoms with Gasteiger partial charge in [0.1, 0.15) is 11.6 Å². The predicted molar refractivity (Wildman–Crippen MR) is 69.3 cm³/mol. The molecule has 0 spiro atoms. The van der Waals surface area contributed by atoms with Gasteiger partial charge >= 0.3 is 5.69 Å². The quantitative estimate of drug-likeness (QED) is 0.826. The molecule has 2 N–H and O–H groups in total. The summed E-state index contributed by atoms with van der Waals surface area (Å²) in [5.74, 6) is 0.393. The molecule has 1 aromatic heterocycles. The second kappa shape index (κ2) is 4.53. The Hall–Kier alpha value is -2.11. The minimum Gasteiger partial charge on any atom is -0.399 e. The van der Waals surface area contributed by atoms with E-state index in [2.05, 4.69) is 5.10 Å². The van der Waals surface area contributed by atoms with Crippen molar-refractivity contribution in [1.29, 1.82) is 0 Å². The van der Waals surface area contributed by atoms with Crippen molar-refractivity contribution in [3.8, 4) is 0 Å². The molecule has 100 valence electrons. The van der Waals surface area contributed by atoms with Crippen LogP contribution in [-0.4, -0.2) is 14.3 Å². The van der Waals surface area contributed by atoms with E-state index in [0.717, 1.165) is 25.1 Å². The highest BCUT2D eigenvalue weighted by atomic mass is 19.1. The molecule has 0 amide bonds. The number of anilines is 1. The normalized spacial score (nSPS) is 14.4. The highest BCUT2D eigenvalue weighted by Gasteiger charge is 2.17. The number of rotatable bonds is 2. The van der Waals surface area contributed by atoms with E-state index in [-0.39, 0.29) is 12.2 Å². The fraction of sp³-hybridized carbons (Fsp3) is 0.385. The Balaban J connectivity index is 1.95. The maximum Gasteiger partial charge on any atom is 0.346 e. The number of aryl methyl sites for hydroxylation is 1. The molecule has 0 aliphatic carbocycles. The van der Waals surface area contributed by atoms with Gasteiger partial charge in [0.2, 0.25) is 0 Å². The second-order valence-electron chi connectivity index (χ2n) is 4.82. The molecule has 2 heterocycles. The van der Waals surface area contributed by atoms with Crippen LogP contribution in [-0.2, 0) is 19.5 Å².